The van der Waals surface area contributed by atoms with Crippen LogP contribution in [0.1, 0.15) is 6.92 Å². The van der Waals surface area contributed by atoms with E-state index in [1.54, 1.807) is 0 Å². The zero-order chi connectivity index (χ0) is 5.70. The average molecular weight is 127 g/mol. The molecule has 3 nitrogen and oxygen atoms in total. The van der Waals surface area contributed by atoms with Crippen molar-refractivity contribution in [1.82, 2.24) is 0 Å². The molecule has 44 valence electrons. The third-order valence-corrected chi connectivity index (χ3v) is 0.470. The topological polar surface area (TPSA) is 58.3 Å². The van der Waals surface area contributed by atoms with E-state index in [0.29, 0.717) is 13.2 Å². The molecule has 4 heteroatoms. The molecule has 0 amide bonds. The summed E-state index contributed by atoms with van der Waals surface area (Å²) < 4.78 is 4.51. The summed E-state index contributed by atoms with van der Waals surface area (Å²) in [6, 6.07) is 0. The molecule has 0 fully saturated rings. The van der Waals surface area contributed by atoms with Gasteiger partial charge in [0, 0.05) is 6.54 Å². The van der Waals surface area contributed by atoms with Crippen LogP contribution in [0.2, 0.25) is 0 Å². The molecule has 0 saturated heterocycles. The van der Waals surface area contributed by atoms with Crippen molar-refractivity contribution in [3.63, 3.8) is 0 Å². The minimum absolute atomic E-state index is 0. The molecular formula is C4H10NNaO2. The fourth-order valence-corrected chi connectivity index (χ4v) is 0.234. The number of ether oxygens (including phenoxy) is 1. The molecule has 0 saturated carbocycles. The van der Waals surface area contributed by atoms with Gasteiger partial charge in [-0.3, -0.25) is 0 Å². The molecule has 8 heavy (non-hydrogen) atoms. The summed E-state index contributed by atoms with van der Waals surface area (Å²) >= 11 is 0. The van der Waals surface area contributed by atoms with Crippen LogP contribution in [0.4, 0.5) is 0 Å². The van der Waals surface area contributed by atoms with E-state index in [1.165, 1.54) is 6.92 Å². The molecule has 0 aromatic heterocycles. The maximum absolute atomic E-state index is 10.0. The standard InChI is InChI=1S/C4H10NO2.Na/c1-4(6)7-3-2-5;/h4H,2-3,5H2,1H3;/q-1;+1. The van der Waals surface area contributed by atoms with Crippen LogP contribution < -0.4 is 40.4 Å². The third-order valence-electron chi connectivity index (χ3n) is 0.470. The number of hydrogen-bond acceptors (Lipinski definition) is 3. The van der Waals surface area contributed by atoms with Crippen LogP contribution in [-0.4, -0.2) is 19.4 Å². The Balaban J connectivity index is 0. The molecule has 0 aromatic carbocycles. The number of rotatable bonds is 3. The minimum Gasteiger partial charge on any atom is -0.831 e. The van der Waals surface area contributed by atoms with Crippen molar-refractivity contribution >= 4 is 0 Å². The van der Waals surface area contributed by atoms with Crippen LogP contribution in [0.15, 0.2) is 0 Å². The van der Waals surface area contributed by atoms with Gasteiger partial charge in [-0.1, -0.05) is 6.92 Å². The maximum Gasteiger partial charge on any atom is 1.00 e. The molecule has 0 spiro atoms. The van der Waals surface area contributed by atoms with Crippen molar-refractivity contribution in [2.24, 2.45) is 5.73 Å². The SMILES string of the molecule is CC([O-])OCCN.[Na+]. The van der Waals surface area contributed by atoms with Gasteiger partial charge < -0.3 is 15.6 Å². The molecule has 0 heterocycles. The quantitative estimate of drug-likeness (QED) is 0.308. The molecule has 0 aliphatic rings. The van der Waals surface area contributed by atoms with Crippen LogP contribution in [0.5, 0.6) is 0 Å². The molecule has 0 rings (SSSR count). The van der Waals surface area contributed by atoms with E-state index < -0.39 is 6.29 Å². The van der Waals surface area contributed by atoms with E-state index in [9.17, 15) is 5.11 Å². The largest absolute Gasteiger partial charge is 1.00 e. The van der Waals surface area contributed by atoms with Gasteiger partial charge in [-0.15, -0.1) is 0 Å². The monoisotopic (exact) mass is 127 g/mol. The summed E-state index contributed by atoms with van der Waals surface area (Å²) in [6.07, 6.45) is -0.927. The van der Waals surface area contributed by atoms with E-state index in [0.717, 1.165) is 0 Å². The normalized spacial score (nSPS) is 12.4. The van der Waals surface area contributed by atoms with Gasteiger partial charge in [-0.05, 0) is 6.29 Å². The molecule has 0 bridgehead atoms. The Morgan fingerprint density at radius 2 is 2.25 bits per heavy atom. The zero-order valence-electron chi connectivity index (χ0n) is 5.39. The zero-order valence-corrected chi connectivity index (χ0v) is 7.39. The average Bonchev–Trinajstić information content (AvgIpc) is 1.61. The van der Waals surface area contributed by atoms with Gasteiger partial charge >= 0.3 is 29.6 Å². The Kier molecular flexibility index (Phi) is 11.5. The van der Waals surface area contributed by atoms with Gasteiger partial charge in [-0.25, -0.2) is 0 Å². The van der Waals surface area contributed by atoms with Gasteiger partial charge in [0.25, 0.3) is 0 Å². The smallest absolute Gasteiger partial charge is 0.831 e. The van der Waals surface area contributed by atoms with E-state index in [-0.39, 0.29) is 29.6 Å². The Bertz CT molecular complexity index is 43.0. The van der Waals surface area contributed by atoms with Gasteiger partial charge in [-0.2, -0.15) is 0 Å². The molecule has 0 aliphatic carbocycles. The molecule has 0 radical (unpaired) electrons. The second-order valence-electron chi connectivity index (χ2n) is 1.23. The van der Waals surface area contributed by atoms with Crippen molar-refractivity contribution in [3.8, 4) is 0 Å². The summed E-state index contributed by atoms with van der Waals surface area (Å²) in [7, 11) is 0. The van der Waals surface area contributed by atoms with Crippen LogP contribution >= 0.6 is 0 Å². The fourth-order valence-electron chi connectivity index (χ4n) is 0.234. The Morgan fingerprint density at radius 1 is 1.75 bits per heavy atom. The van der Waals surface area contributed by atoms with Gasteiger partial charge in [0.15, 0.2) is 0 Å². The first kappa shape index (κ1) is 11.6. The van der Waals surface area contributed by atoms with E-state index in [4.69, 9.17) is 5.73 Å². The molecule has 2 N–H and O–H groups in total. The van der Waals surface area contributed by atoms with Gasteiger partial charge in [0.1, 0.15) is 0 Å². The van der Waals surface area contributed by atoms with Gasteiger partial charge in [0.2, 0.25) is 0 Å². The maximum atomic E-state index is 10.0. The van der Waals surface area contributed by atoms with E-state index in [1.807, 2.05) is 0 Å². The van der Waals surface area contributed by atoms with E-state index >= 15 is 0 Å². The second kappa shape index (κ2) is 7.88. The molecule has 0 aromatic rings. The second-order valence-corrected chi connectivity index (χ2v) is 1.23. The molecule has 1 atom stereocenters. The van der Waals surface area contributed by atoms with Crippen LogP contribution in [-0.2, 0) is 4.74 Å². The summed E-state index contributed by atoms with van der Waals surface area (Å²) in [5, 5.41) is 10.0. The summed E-state index contributed by atoms with van der Waals surface area (Å²) in [5.41, 5.74) is 5.01. The minimum atomic E-state index is -0.927. The predicted octanol–water partition coefficient (Wildman–Crippen LogP) is -4.33. The van der Waals surface area contributed by atoms with Crippen molar-refractivity contribution in [2.75, 3.05) is 13.2 Å². The predicted molar refractivity (Wildman–Crippen MR) is 24.5 cm³/mol. The number of nitrogens with two attached hydrogens (primary N) is 1. The molecular weight excluding hydrogens is 117 g/mol. The van der Waals surface area contributed by atoms with Crippen LogP contribution in [0.25, 0.3) is 0 Å². The summed E-state index contributed by atoms with van der Waals surface area (Å²) in [5.74, 6) is 0. The fraction of sp³-hybridized carbons (Fsp3) is 1.00. The molecule has 0 aliphatic heterocycles. The Morgan fingerprint density at radius 3 is 2.38 bits per heavy atom. The van der Waals surface area contributed by atoms with Crippen LogP contribution in [0.3, 0.4) is 0 Å². The summed E-state index contributed by atoms with van der Waals surface area (Å²) in [6.45, 7) is 2.23. The van der Waals surface area contributed by atoms with E-state index in [2.05, 4.69) is 4.74 Å². The van der Waals surface area contributed by atoms with Gasteiger partial charge in [0.05, 0.1) is 6.61 Å². The van der Waals surface area contributed by atoms with Crippen molar-refractivity contribution in [1.29, 1.82) is 0 Å². The first-order chi connectivity index (χ1) is 3.27. The summed E-state index contributed by atoms with van der Waals surface area (Å²) in [4.78, 5) is 0. The Labute approximate surface area is 71.5 Å². The first-order valence-electron chi connectivity index (χ1n) is 2.25. The third kappa shape index (κ3) is 9.99. The van der Waals surface area contributed by atoms with Crippen molar-refractivity contribution < 1.29 is 39.4 Å². The van der Waals surface area contributed by atoms with Crippen molar-refractivity contribution in [2.45, 2.75) is 13.2 Å². The first-order valence-corrected chi connectivity index (χ1v) is 2.25. The Hall–Kier alpha value is 0.880. The van der Waals surface area contributed by atoms with Crippen LogP contribution in [0, 0.1) is 0 Å². The van der Waals surface area contributed by atoms with Crippen molar-refractivity contribution in [3.05, 3.63) is 0 Å². The molecule has 1 unspecified atom stereocenters. The number of hydrogen-bond donors (Lipinski definition) is 1.